The first kappa shape index (κ1) is 15.7. The molecule has 23 heavy (non-hydrogen) atoms. The summed E-state index contributed by atoms with van der Waals surface area (Å²) in [5.74, 6) is -0.200. The Morgan fingerprint density at radius 3 is 2.91 bits per heavy atom. The van der Waals surface area contributed by atoms with Gasteiger partial charge in [-0.2, -0.15) is 0 Å². The fraction of sp³-hybridized carbons (Fsp3) is 0.471. The molecule has 1 saturated heterocycles. The number of carbonyl (C=O) groups is 1. The van der Waals surface area contributed by atoms with Gasteiger partial charge in [0.05, 0.1) is 17.5 Å². The molecule has 6 nitrogen and oxygen atoms in total. The highest BCUT2D eigenvalue weighted by Crippen LogP contribution is 2.18. The van der Waals surface area contributed by atoms with Crippen molar-refractivity contribution in [3.63, 3.8) is 0 Å². The van der Waals surface area contributed by atoms with Crippen molar-refractivity contribution in [3.8, 4) is 5.69 Å². The zero-order valence-corrected chi connectivity index (χ0v) is 13.8. The zero-order valence-electron chi connectivity index (χ0n) is 13.8. The topological polar surface area (TPSA) is 69.0 Å². The lowest BCUT2D eigenvalue weighted by Gasteiger charge is -2.10. The molecule has 2 aromatic rings. The maximum atomic E-state index is 12.3. The highest BCUT2D eigenvalue weighted by Gasteiger charge is 2.21. The van der Waals surface area contributed by atoms with Crippen LogP contribution in [0.5, 0.6) is 0 Å². The van der Waals surface area contributed by atoms with Crippen LogP contribution in [0, 0.1) is 20.8 Å². The first-order chi connectivity index (χ1) is 11.1. The number of rotatable bonds is 4. The second kappa shape index (κ2) is 6.50. The van der Waals surface area contributed by atoms with E-state index in [4.69, 9.17) is 4.74 Å². The van der Waals surface area contributed by atoms with Gasteiger partial charge in [-0.1, -0.05) is 22.9 Å². The Morgan fingerprint density at radius 2 is 2.22 bits per heavy atom. The van der Waals surface area contributed by atoms with Crippen LogP contribution in [0.25, 0.3) is 5.69 Å². The largest absolute Gasteiger partial charge is 0.376 e. The first-order valence-corrected chi connectivity index (χ1v) is 7.96. The van der Waals surface area contributed by atoms with Crippen LogP contribution in [-0.2, 0) is 4.74 Å². The van der Waals surface area contributed by atoms with E-state index in [1.807, 2.05) is 26.0 Å². The first-order valence-electron chi connectivity index (χ1n) is 7.96. The summed E-state index contributed by atoms with van der Waals surface area (Å²) in [4.78, 5) is 12.3. The molecule has 1 N–H and O–H groups in total. The van der Waals surface area contributed by atoms with E-state index >= 15 is 0 Å². The maximum Gasteiger partial charge on any atom is 0.273 e. The summed E-state index contributed by atoms with van der Waals surface area (Å²) in [6, 6.07) is 6.12. The van der Waals surface area contributed by atoms with Gasteiger partial charge >= 0.3 is 0 Å². The molecule has 0 bridgehead atoms. The van der Waals surface area contributed by atoms with Crippen molar-refractivity contribution in [2.45, 2.75) is 39.7 Å². The Bertz CT molecular complexity index is 717. The number of nitrogens with one attached hydrogen (secondary N) is 1. The van der Waals surface area contributed by atoms with Crippen LogP contribution in [0.2, 0.25) is 0 Å². The minimum Gasteiger partial charge on any atom is -0.376 e. The molecule has 2 heterocycles. The summed E-state index contributed by atoms with van der Waals surface area (Å²) in [5, 5.41) is 11.1. The van der Waals surface area contributed by atoms with Gasteiger partial charge in [0.1, 0.15) is 0 Å². The van der Waals surface area contributed by atoms with E-state index in [9.17, 15) is 4.79 Å². The van der Waals surface area contributed by atoms with E-state index in [-0.39, 0.29) is 12.0 Å². The number of aromatic nitrogens is 3. The number of hydrogen-bond acceptors (Lipinski definition) is 4. The third-order valence-corrected chi connectivity index (χ3v) is 4.20. The molecule has 1 amide bonds. The standard InChI is InChI=1S/C17H22N4O2/c1-11-6-7-15(12(2)9-11)21-13(3)16(19-20-21)17(22)18-10-14-5-4-8-23-14/h6-7,9,14H,4-5,8,10H2,1-3H3,(H,18,22)/t14-/m1/s1. The third kappa shape index (κ3) is 3.27. The molecule has 1 fully saturated rings. The molecule has 1 aliphatic heterocycles. The summed E-state index contributed by atoms with van der Waals surface area (Å²) < 4.78 is 7.23. The van der Waals surface area contributed by atoms with Gasteiger partial charge in [0.25, 0.3) is 5.91 Å². The third-order valence-electron chi connectivity index (χ3n) is 4.20. The quantitative estimate of drug-likeness (QED) is 0.938. The minimum absolute atomic E-state index is 0.119. The van der Waals surface area contributed by atoms with Crippen LogP contribution in [0.4, 0.5) is 0 Å². The van der Waals surface area contributed by atoms with Gasteiger partial charge < -0.3 is 10.1 Å². The average molecular weight is 314 g/mol. The van der Waals surface area contributed by atoms with E-state index in [1.165, 1.54) is 5.56 Å². The fourth-order valence-electron chi connectivity index (χ4n) is 2.91. The minimum atomic E-state index is -0.200. The molecule has 6 heteroatoms. The van der Waals surface area contributed by atoms with E-state index in [2.05, 4.69) is 28.6 Å². The average Bonchev–Trinajstić information content (AvgIpc) is 3.15. The predicted molar refractivity (Wildman–Crippen MR) is 86.9 cm³/mol. The Labute approximate surface area is 135 Å². The lowest BCUT2D eigenvalue weighted by Crippen LogP contribution is -2.32. The van der Waals surface area contributed by atoms with Crippen LogP contribution in [0.1, 0.15) is 40.2 Å². The number of amides is 1. The number of carbonyl (C=O) groups excluding carboxylic acids is 1. The summed E-state index contributed by atoms with van der Waals surface area (Å²) in [5.41, 5.74) is 4.34. The second-order valence-corrected chi connectivity index (χ2v) is 6.07. The van der Waals surface area contributed by atoms with Crippen molar-refractivity contribution in [1.29, 1.82) is 0 Å². The number of hydrogen-bond donors (Lipinski definition) is 1. The van der Waals surface area contributed by atoms with Crippen molar-refractivity contribution in [2.24, 2.45) is 0 Å². The van der Waals surface area contributed by atoms with Gasteiger partial charge in [0, 0.05) is 13.2 Å². The number of nitrogens with zero attached hydrogens (tertiary/aromatic N) is 3. The molecule has 0 unspecified atom stereocenters. The van der Waals surface area contributed by atoms with Crippen molar-refractivity contribution in [3.05, 3.63) is 40.7 Å². The summed E-state index contributed by atoms with van der Waals surface area (Å²) >= 11 is 0. The molecular weight excluding hydrogens is 292 g/mol. The number of ether oxygens (including phenoxy) is 1. The van der Waals surface area contributed by atoms with E-state index in [1.54, 1.807) is 4.68 Å². The van der Waals surface area contributed by atoms with Crippen molar-refractivity contribution in [1.82, 2.24) is 20.3 Å². The molecular formula is C17H22N4O2. The van der Waals surface area contributed by atoms with Crippen LogP contribution in [0.15, 0.2) is 18.2 Å². The monoisotopic (exact) mass is 314 g/mol. The van der Waals surface area contributed by atoms with Crippen LogP contribution >= 0.6 is 0 Å². The Hall–Kier alpha value is -2.21. The zero-order chi connectivity index (χ0) is 16.4. The summed E-state index contributed by atoms with van der Waals surface area (Å²) in [6.45, 7) is 7.24. The van der Waals surface area contributed by atoms with E-state index < -0.39 is 0 Å². The normalized spacial score (nSPS) is 17.4. The number of aryl methyl sites for hydroxylation is 2. The molecule has 0 radical (unpaired) electrons. The molecule has 0 spiro atoms. The summed E-state index contributed by atoms with van der Waals surface area (Å²) in [7, 11) is 0. The van der Waals surface area contributed by atoms with Gasteiger partial charge in [-0.15, -0.1) is 5.10 Å². The maximum absolute atomic E-state index is 12.3. The van der Waals surface area contributed by atoms with Crippen molar-refractivity contribution < 1.29 is 9.53 Å². The SMILES string of the molecule is Cc1ccc(-n2nnc(C(=O)NC[C@H]3CCCO3)c2C)c(C)c1. The molecule has 122 valence electrons. The Kier molecular flexibility index (Phi) is 4.43. The Balaban J connectivity index is 1.77. The highest BCUT2D eigenvalue weighted by atomic mass is 16.5. The Morgan fingerprint density at radius 1 is 1.39 bits per heavy atom. The van der Waals surface area contributed by atoms with Crippen LogP contribution < -0.4 is 5.32 Å². The molecule has 1 aliphatic rings. The van der Waals surface area contributed by atoms with Crippen LogP contribution in [0.3, 0.4) is 0 Å². The molecule has 1 aromatic carbocycles. The lowest BCUT2D eigenvalue weighted by atomic mass is 10.1. The van der Waals surface area contributed by atoms with E-state index in [0.29, 0.717) is 12.2 Å². The molecule has 1 aromatic heterocycles. The molecule has 3 rings (SSSR count). The highest BCUT2D eigenvalue weighted by molar-refractivity contribution is 5.93. The lowest BCUT2D eigenvalue weighted by molar-refractivity contribution is 0.0853. The fourth-order valence-corrected chi connectivity index (χ4v) is 2.91. The van der Waals surface area contributed by atoms with E-state index in [0.717, 1.165) is 36.4 Å². The number of benzene rings is 1. The van der Waals surface area contributed by atoms with Gasteiger partial charge in [-0.3, -0.25) is 4.79 Å². The molecule has 0 aliphatic carbocycles. The smallest absolute Gasteiger partial charge is 0.273 e. The van der Waals surface area contributed by atoms with Gasteiger partial charge in [-0.25, -0.2) is 4.68 Å². The van der Waals surface area contributed by atoms with Gasteiger partial charge in [-0.05, 0) is 45.2 Å². The van der Waals surface area contributed by atoms with Gasteiger partial charge in [0.15, 0.2) is 5.69 Å². The van der Waals surface area contributed by atoms with Crippen molar-refractivity contribution >= 4 is 5.91 Å². The van der Waals surface area contributed by atoms with Crippen molar-refractivity contribution in [2.75, 3.05) is 13.2 Å². The second-order valence-electron chi connectivity index (χ2n) is 6.07. The van der Waals surface area contributed by atoms with Gasteiger partial charge in [0.2, 0.25) is 0 Å². The predicted octanol–water partition coefficient (Wildman–Crippen LogP) is 2.10. The molecule has 0 saturated carbocycles. The molecule has 1 atom stereocenters. The van der Waals surface area contributed by atoms with Crippen LogP contribution in [-0.4, -0.2) is 40.2 Å². The summed E-state index contributed by atoms with van der Waals surface area (Å²) in [6.07, 6.45) is 2.17.